The van der Waals surface area contributed by atoms with E-state index in [4.69, 9.17) is 0 Å². The minimum absolute atomic E-state index is 0.0302. The van der Waals surface area contributed by atoms with Gasteiger partial charge in [-0.1, -0.05) is 0 Å². The average Bonchev–Trinajstić information content (AvgIpc) is 2.71. The van der Waals surface area contributed by atoms with Crippen LogP contribution < -0.4 is 5.32 Å². The number of nitrogens with zero attached hydrogens (tertiary/aromatic N) is 2. The molecule has 1 aliphatic carbocycles. The van der Waals surface area contributed by atoms with Gasteiger partial charge in [0.2, 0.25) is 11.8 Å². The molecular weight excluding hydrogens is 230 g/mol. The Hall–Kier alpha value is -1.57. The molecule has 2 aliphatic rings. The number of likely N-dealkylation sites (tertiary alicyclic amines) is 1. The van der Waals surface area contributed by atoms with Crippen molar-refractivity contribution in [3.05, 3.63) is 0 Å². The summed E-state index contributed by atoms with van der Waals surface area (Å²) in [6.07, 6.45) is 2.94. The molecule has 1 heterocycles. The molecule has 0 aromatic rings. The largest absolute Gasteiger partial charge is 0.359 e. The highest BCUT2D eigenvalue weighted by atomic mass is 16.2. The summed E-state index contributed by atoms with van der Waals surface area (Å²) in [5, 5.41) is 11.8. The predicted molar refractivity (Wildman–Crippen MR) is 65.3 cm³/mol. The molecule has 1 aliphatic heterocycles. The topological polar surface area (TPSA) is 73.2 Å². The van der Waals surface area contributed by atoms with Crippen LogP contribution in [-0.4, -0.2) is 36.9 Å². The maximum atomic E-state index is 12.4. The fourth-order valence-corrected chi connectivity index (χ4v) is 2.83. The third-order valence-electron chi connectivity index (χ3n) is 4.37. The monoisotopic (exact) mass is 249 g/mol. The van der Waals surface area contributed by atoms with E-state index < -0.39 is 10.8 Å². The Balaban J connectivity index is 2.08. The van der Waals surface area contributed by atoms with Gasteiger partial charge in [-0.3, -0.25) is 9.59 Å². The molecule has 2 rings (SSSR count). The van der Waals surface area contributed by atoms with Gasteiger partial charge in [-0.15, -0.1) is 0 Å². The summed E-state index contributed by atoms with van der Waals surface area (Å²) in [5.41, 5.74) is -1.31. The highest BCUT2D eigenvalue weighted by Gasteiger charge is 2.50. The molecular formula is C13H19N3O2. The highest BCUT2D eigenvalue weighted by molar-refractivity contribution is 5.89. The Morgan fingerprint density at radius 2 is 2.00 bits per heavy atom. The van der Waals surface area contributed by atoms with Crippen LogP contribution in [0, 0.1) is 22.2 Å². The minimum atomic E-state index is -0.798. The van der Waals surface area contributed by atoms with Gasteiger partial charge < -0.3 is 10.2 Å². The zero-order valence-corrected chi connectivity index (χ0v) is 11.0. The second-order valence-corrected chi connectivity index (χ2v) is 5.66. The van der Waals surface area contributed by atoms with Crippen LogP contribution in [0.15, 0.2) is 0 Å². The molecule has 0 aromatic carbocycles. The smallest absolute Gasteiger partial charge is 0.243 e. The van der Waals surface area contributed by atoms with E-state index in [0.717, 1.165) is 6.42 Å². The molecule has 18 heavy (non-hydrogen) atoms. The molecule has 5 heteroatoms. The van der Waals surface area contributed by atoms with Crippen LogP contribution in [0.4, 0.5) is 0 Å². The Morgan fingerprint density at radius 1 is 1.33 bits per heavy atom. The van der Waals surface area contributed by atoms with E-state index in [-0.39, 0.29) is 11.8 Å². The summed E-state index contributed by atoms with van der Waals surface area (Å²) in [7, 11) is 1.61. The Labute approximate surface area is 107 Å². The summed E-state index contributed by atoms with van der Waals surface area (Å²) < 4.78 is 0. The Morgan fingerprint density at radius 3 is 2.44 bits per heavy atom. The van der Waals surface area contributed by atoms with Crippen LogP contribution in [0.1, 0.15) is 32.6 Å². The van der Waals surface area contributed by atoms with Gasteiger partial charge in [0.1, 0.15) is 5.41 Å². The number of amides is 2. The molecule has 0 aromatic heterocycles. The standard InChI is InChI=1S/C13H19N3O2/c1-12(10(17)15-2)6-7-16(9-12)11(18)13(8-14)4-3-5-13/h3-7,9H2,1-2H3,(H,15,17). The molecule has 0 spiro atoms. The van der Waals surface area contributed by atoms with E-state index in [2.05, 4.69) is 11.4 Å². The van der Waals surface area contributed by atoms with Crippen LogP contribution in [0.2, 0.25) is 0 Å². The van der Waals surface area contributed by atoms with Gasteiger partial charge in [0.25, 0.3) is 0 Å². The normalized spacial score (nSPS) is 29.3. The molecule has 2 amide bonds. The second kappa shape index (κ2) is 4.27. The number of hydrogen-bond acceptors (Lipinski definition) is 3. The predicted octanol–water partition coefficient (Wildman–Crippen LogP) is 0.665. The Bertz CT molecular complexity index is 422. The lowest BCUT2D eigenvalue weighted by Gasteiger charge is -2.37. The zero-order chi connectivity index (χ0) is 13.4. The van der Waals surface area contributed by atoms with Crippen LogP contribution in [-0.2, 0) is 9.59 Å². The molecule has 2 fully saturated rings. The molecule has 0 bridgehead atoms. The van der Waals surface area contributed by atoms with Crippen molar-refractivity contribution in [2.24, 2.45) is 10.8 Å². The number of carbonyl (C=O) groups is 2. The Kier molecular flexibility index (Phi) is 3.05. The molecule has 1 unspecified atom stereocenters. The van der Waals surface area contributed by atoms with Gasteiger partial charge in [-0.25, -0.2) is 0 Å². The van der Waals surface area contributed by atoms with Crippen molar-refractivity contribution in [3.63, 3.8) is 0 Å². The van der Waals surface area contributed by atoms with E-state index in [1.807, 2.05) is 6.92 Å². The van der Waals surface area contributed by atoms with Crippen molar-refractivity contribution in [3.8, 4) is 6.07 Å². The fourth-order valence-electron chi connectivity index (χ4n) is 2.83. The maximum absolute atomic E-state index is 12.4. The van der Waals surface area contributed by atoms with Crippen molar-refractivity contribution < 1.29 is 9.59 Å². The first kappa shape index (κ1) is 12.9. The van der Waals surface area contributed by atoms with Gasteiger partial charge >= 0.3 is 0 Å². The molecule has 1 saturated heterocycles. The van der Waals surface area contributed by atoms with E-state index in [9.17, 15) is 14.9 Å². The van der Waals surface area contributed by atoms with E-state index in [1.54, 1.807) is 11.9 Å². The third kappa shape index (κ3) is 1.76. The van der Waals surface area contributed by atoms with Gasteiger partial charge in [0, 0.05) is 20.1 Å². The van der Waals surface area contributed by atoms with Gasteiger partial charge in [-0.05, 0) is 32.6 Å². The summed E-state index contributed by atoms with van der Waals surface area (Å²) in [4.78, 5) is 25.8. The molecule has 1 N–H and O–H groups in total. The summed E-state index contributed by atoms with van der Waals surface area (Å²) >= 11 is 0. The highest BCUT2D eigenvalue weighted by Crippen LogP contribution is 2.43. The molecule has 1 saturated carbocycles. The lowest BCUT2D eigenvalue weighted by molar-refractivity contribution is -0.142. The minimum Gasteiger partial charge on any atom is -0.359 e. The van der Waals surface area contributed by atoms with Crippen molar-refractivity contribution in [1.82, 2.24) is 10.2 Å². The second-order valence-electron chi connectivity index (χ2n) is 5.66. The molecule has 1 atom stereocenters. The van der Waals surface area contributed by atoms with Crippen molar-refractivity contribution in [2.45, 2.75) is 32.6 Å². The van der Waals surface area contributed by atoms with Crippen LogP contribution in [0.3, 0.4) is 0 Å². The lowest BCUT2D eigenvalue weighted by Crippen LogP contribution is -2.48. The van der Waals surface area contributed by atoms with Crippen molar-refractivity contribution in [2.75, 3.05) is 20.1 Å². The zero-order valence-electron chi connectivity index (χ0n) is 11.0. The van der Waals surface area contributed by atoms with Gasteiger partial charge in [0.15, 0.2) is 0 Å². The number of nitriles is 1. The van der Waals surface area contributed by atoms with Crippen molar-refractivity contribution >= 4 is 11.8 Å². The molecule has 5 nitrogen and oxygen atoms in total. The van der Waals surface area contributed by atoms with Crippen molar-refractivity contribution in [1.29, 1.82) is 5.26 Å². The van der Waals surface area contributed by atoms with E-state index in [1.165, 1.54) is 0 Å². The van der Waals surface area contributed by atoms with E-state index in [0.29, 0.717) is 32.4 Å². The van der Waals surface area contributed by atoms with Gasteiger partial charge in [-0.2, -0.15) is 5.26 Å². The maximum Gasteiger partial charge on any atom is 0.243 e. The summed E-state index contributed by atoms with van der Waals surface area (Å²) in [6, 6.07) is 2.17. The fraction of sp³-hybridized carbons (Fsp3) is 0.769. The molecule has 0 radical (unpaired) electrons. The third-order valence-corrected chi connectivity index (χ3v) is 4.37. The first-order valence-corrected chi connectivity index (χ1v) is 6.40. The number of hydrogen-bond donors (Lipinski definition) is 1. The van der Waals surface area contributed by atoms with E-state index >= 15 is 0 Å². The first-order chi connectivity index (χ1) is 8.47. The number of carbonyl (C=O) groups excluding carboxylic acids is 2. The quantitative estimate of drug-likeness (QED) is 0.781. The summed E-state index contributed by atoms with van der Waals surface area (Å²) in [5.74, 6) is -0.110. The average molecular weight is 249 g/mol. The van der Waals surface area contributed by atoms with Crippen LogP contribution in [0.25, 0.3) is 0 Å². The number of nitrogens with one attached hydrogen (secondary N) is 1. The van der Waals surface area contributed by atoms with Crippen LogP contribution >= 0.6 is 0 Å². The number of rotatable bonds is 2. The SMILES string of the molecule is CNC(=O)C1(C)CCN(C(=O)C2(C#N)CCC2)C1. The van der Waals surface area contributed by atoms with Gasteiger partial charge in [0.05, 0.1) is 11.5 Å². The lowest BCUT2D eigenvalue weighted by atomic mass is 9.69. The molecule has 98 valence electrons. The first-order valence-electron chi connectivity index (χ1n) is 6.40. The van der Waals surface area contributed by atoms with Crippen LogP contribution in [0.5, 0.6) is 0 Å². The summed E-state index contributed by atoms with van der Waals surface area (Å²) in [6.45, 7) is 2.88.